The first-order chi connectivity index (χ1) is 18.6. The third-order valence-corrected chi connectivity index (χ3v) is 7.77. The van der Waals surface area contributed by atoms with Crippen molar-refractivity contribution in [2.45, 2.75) is 52.2 Å². The van der Waals surface area contributed by atoms with Crippen molar-refractivity contribution in [1.29, 1.82) is 0 Å². The molecular formula is C30H35Cl2N3O4S. The summed E-state index contributed by atoms with van der Waals surface area (Å²) in [6.45, 7) is 6.89. The molecule has 0 unspecified atom stereocenters. The first-order valence-corrected chi connectivity index (χ1v) is 15.4. The van der Waals surface area contributed by atoms with Crippen molar-refractivity contribution in [3.8, 4) is 0 Å². The Labute approximate surface area is 247 Å². The molecule has 0 aliphatic carbocycles. The third-order valence-electron chi connectivity index (χ3n) is 6.15. The number of carbonyl (C=O) groups is 2. The van der Waals surface area contributed by atoms with Crippen molar-refractivity contribution in [2.75, 3.05) is 17.1 Å². The van der Waals surface area contributed by atoms with Gasteiger partial charge in [0.1, 0.15) is 12.6 Å². The Balaban J connectivity index is 2.09. The van der Waals surface area contributed by atoms with Crippen LogP contribution in [0.1, 0.15) is 37.5 Å². The number of carbonyl (C=O) groups excluding carboxylic acids is 2. The number of aryl methyl sites for hydroxylation is 1. The zero-order valence-electron chi connectivity index (χ0n) is 23.3. The van der Waals surface area contributed by atoms with Crippen molar-refractivity contribution in [1.82, 2.24) is 10.2 Å². The molecule has 10 heteroatoms. The van der Waals surface area contributed by atoms with Gasteiger partial charge in [0, 0.05) is 28.5 Å². The predicted octanol–water partition coefficient (Wildman–Crippen LogP) is 5.62. The average molecular weight is 605 g/mol. The van der Waals surface area contributed by atoms with Crippen LogP contribution in [0.3, 0.4) is 0 Å². The van der Waals surface area contributed by atoms with Crippen LogP contribution < -0.4 is 9.62 Å². The van der Waals surface area contributed by atoms with Crippen LogP contribution in [0.5, 0.6) is 0 Å². The molecule has 0 fully saturated rings. The Kier molecular flexibility index (Phi) is 10.3. The maximum atomic E-state index is 14.1. The van der Waals surface area contributed by atoms with Crippen LogP contribution in [-0.4, -0.2) is 49.5 Å². The fourth-order valence-electron chi connectivity index (χ4n) is 4.24. The first-order valence-electron chi connectivity index (χ1n) is 12.8. The highest BCUT2D eigenvalue weighted by molar-refractivity contribution is 7.92. The topological polar surface area (TPSA) is 86.8 Å². The Morgan fingerprint density at radius 2 is 1.50 bits per heavy atom. The number of hydrogen-bond donors (Lipinski definition) is 1. The van der Waals surface area contributed by atoms with Crippen molar-refractivity contribution in [2.24, 2.45) is 0 Å². The van der Waals surface area contributed by atoms with Gasteiger partial charge in [0.2, 0.25) is 21.8 Å². The van der Waals surface area contributed by atoms with Crippen LogP contribution >= 0.6 is 23.2 Å². The van der Waals surface area contributed by atoms with Gasteiger partial charge in [-0.05, 0) is 68.7 Å². The van der Waals surface area contributed by atoms with Crippen molar-refractivity contribution in [3.63, 3.8) is 0 Å². The van der Waals surface area contributed by atoms with Gasteiger partial charge in [-0.15, -0.1) is 0 Å². The molecule has 3 rings (SSSR count). The maximum absolute atomic E-state index is 14.1. The lowest BCUT2D eigenvalue weighted by Gasteiger charge is -2.35. The molecule has 214 valence electrons. The van der Waals surface area contributed by atoms with E-state index in [1.807, 2.05) is 51.1 Å². The Morgan fingerprint density at radius 1 is 0.900 bits per heavy atom. The minimum Gasteiger partial charge on any atom is -0.350 e. The summed E-state index contributed by atoms with van der Waals surface area (Å²) in [6, 6.07) is 20.3. The van der Waals surface area contributed by atoms with Crippen LogP contribution in [0.25, 0.3) is 0 Å². The van der Waals surface area contributed by atoms with E-state index >= 15 is 0 Å². The summed E-state index contributed by atoms with van der Waals surface area (Å²) >= 11 is 12.3. The van der Waals surface area contributed by atoms with E-state index in [1.165, 1.54) is 11.0 Å². The number of rotatable bonds is 10. The highest BCUT2D eigenvalue weighted by Gasteiger charge is 2.34. The maximum Gasteiger partial charge on any atom is 0.244 e. The number of halogens is 2. The van der Waals surface area contributed by atoms with E-state index in [0.29, 0.717) is 21.3 Å². The summed E-state index contributed by atoms with van der Waals surface area (Å²) in [5.74, 6) is -0.881. The molecule has 0 aliphatic heterocycles. The second-order valence-corrected chi connectivity index (χ2v) is 13.6. The van der Waals surface area contributed by atoms with E-state index in [4.69, 9.17) is 23.2 Å². The number of sulfonamides is 1. The number of benzene rings is 3. The molecule has 0 radical (unpaired) electrons. The van der Waals surface area contributed by atoms with Crippen molar-refractivity contribution in [3.05, 3.63) is 99.5 Å². The van der Waals surface area contributed by atoms with Gasteiger partial charge in [0.25, 0.3) is 0 Å². The largest absolute Gasteiger partial charge is 0.350 e. The van der Waals surface area contributed by atoms with Gasteiger partial charge in [0.15, 0.2) is 0 Å². The molecule has 0 aromatic heterocycles. The lowest BCUT2D eigenvalue weighted by molar-refractivity contribution is -0.140. The van der Waals surface area contributed by atoms with Crippen molar-refractivity contribution >= 4 is 50.7 Å². The van der Waals surface area contributed by atoms with Gasteiger partial charge in [-0.2, -0.15) is 0 Å². The summed E-state index contributed by atoms with van der Waals surface area (Å²) < 4.78 is 26.9. The molecule has 0 bridgehead atoms. The van der Waals surface area contributed by atoms with E-state index in [1.54, 1.807) is 43.3 Å². The molecule has 0 aliphatic rings. The summed E-state index contributed by atoms with van der Waals surface area (Å²) in [7, 11) is -3.89. The minimum absolute atomic E-state index is 0.0667. The minimum atomic E-state index is -3.89. The van der Waals surface area contributed by atoms with Gasteiger partial charge < -0.3 is 10.2 Å². The van der Waals surface area contributed by atoms with Crippen LogP contribution in [0.15, 0.2) is 72.8 Å². The van der Waals surface area contributed by atoms with Gasteiger partial charge in [-0.25, -0.2) is 8.42 Å². The summed E-state index contributed by atoms with van der Waals surface area (Å²) in [6.07, 6.45) is 1.27. The van der Waals surface area contributed by atoms with E-state index in [-0.39, 0.29) is 18.9 Å². The quantitative estimate of drug-likeness (QED) is 0.326. The molecule has 0 spiro atoms. The molecule has 7 nitrogen and oxygen atoms in total. The molecule has 0 saturated heterocycles. The molecule has 0 saturated carbocycles. The van der Waals surface area contributed by atoms with Crippen molar-refractivity contribution < 1.29 is 18.0 Å². The summed E-state index contributed by atoms with van der Waals surface area (Å²) in [5.41, 5.74) is 1.98. The monoisotopic (exact) mass is 603 g/mol. The summed E-state index contributed by atoms with van der Waals surface area (Å²) in [5, 5.41) is 3.87. The smallest absolute Gasteiger partial charge is 0.244 e. The van der Waals surface area contributed by atoms with Crippen LogP contribution in [0.2, 0.25) is 10.0 Å². The van der Waals surface area contributed by atoms with E-state index in [0.717, 1.165) is 21.7 Å². The first kappa shape index (κ1) is 31.5. The van der Waals surface area contributed by atoms with Crippen LogP contribution in [0, 0.1) is 6.92 Å². The summed E-state index contributed by atoms with van der Waals surface area (Å²) in [4.78, 5) is 29.3. The number of hydrogen-bond acceptors (Lipinski definition) is 4. The molecule has 0 heterocycles. The predicted molar refractivity (Wildman–Crippen MR) is 162 cm³/mol. The lowest BCUT2D eigenvalue weighted by Crippen LogP contribution is -2.56. The second kappa shape index (κ2) is 13.1. The lowest BCUT2D eigenvalue weighted by atomic mass is 10.0. The van der Waals surface area contributed by atoms with Gasteiger partial charge in [-0.1, -0.05) is 71.7 Å². The fourth-order valence-corrected chi connectivity index (χ4v) is 5.43. The van der Waals surface area contributed by atoms with Gasteiger partial charge in [0.05, 0.1) is 11.9 Å². The van der Waals surface area contributed by atoms with E-state index < -0.39 is 34.1 Å². The highest BCUT2D eigenvalue weighted by Crippen LogP contribution is 2.27. The molecule has 2 amide bonds. The zero-order valence-corrected chi connectivity index (χ0v) is 25.6. The van der Waals surface area contributed by atoms with Crippen LogP contribution in [-0.2, 0) is 32.6 Å². The molecule has 3 aromatic rings. The number of amides is 2. The SMILES string of the molecule is Cc1ccc(Cl)cc1N(CC(=O)N(Cc1ccc(Cl)cc1)[C@@H](Cc1ccccc1)C(=O)NC(C)(C)C)S(C)(=O)=O. The number of anilines is 1. The molecule has 40 heavy (non-hydrogen) atoms. The number of nitrogens with zero attached hydrogens (tertiary/aromatic N) is 2. The Hall–Kier alpha value is -3.07. The zero-order chi connectivity index (χ0) is 29.7. The van der Waals surface area contributed by atoms with Crippen LogP contribution in [0.4, 0.5) is 5.69 Å². The third kappa shape index (κ3) is 8.98. The average Bonchev–Trinajstić information content (AvgIpc) is 2.86. The highest BCUT2D eigenvalue weighted by atomic mass is 35.5. The van der Waals surface area contributed by atoms with Gasteiger partial charge in [-0.3, -0.25) is 13.9 Å². The van der Waals surface area contributed by atoms with Gasteiger partial charge >= 0.3 is 0 Å². The molecular weight excluding hydrogens is 569 g/mol. The van der Waals surface area contributed by atoms with E-state index in [2.05, 4.69) is 5.32 Å². The fraction of sp³-hybridized carbons (Fsp3) is 0.333. The standard InChI is InChI=1S/C30H35Cl2N3O4S/c1-21-11-14-25(32)18-26(21)35(40(5,38)39)20-28(36)34(19-23-12-15-24(31)16-13-23)27(29(37)33-30(2,3)4)17-22-9-7-6-8-10-22/h6-16,18,27H,17,19-20H2,1-5H3,(H,33,37)/t27-/m0/s1. The molecule has 3 aromatic carbocycles. The number of nitrogens with one attached hydrogen (secondary N) is 1. The second-order valence-electron chi connectivity index (χ2n) is 10.8. The molecule has 1 atom stereocenters. The Morgan fingerprint density at radius 3 is 2.08 bits per heavy atom. The normalized spacial score (nSPS) is 12.5. The van der Waals surface area contributed by atoms with E-state index in [9.17, 15) is 18.0 Å². The molecule has 1 N–H and O–H groups in total. The Bertz CT molecular complexity index is 1440.